The molecule has 1 aliphatic heterocycles. The minimum absolute atomic E-state index is 0.0750. The van der Waals surface area contributed by atoms with Gasteiger partial charge in [-0.25, -0.2) is 0 Å². The molecular formula is C37H44N2O7. The standard InChI is InChI=1S/C37H44N2O7/c1-44-26-33-36(29-14-9-5-10-15-29)46-35(42)17-11-3-2-8-16-30(37(43)39-33)23-34(41)38-31(24-40)22-27-18-20-32(21-19-27)45-25-28-12-6-4-7-13-28/h2,4-10,12-15,18-21,30-31,33,36,40H,3,11,16-17,22-26H2,1H3,(H,38,41)(H,39,43)/t30-,31+,33+,36+/m1/s1. The number of carbonyl (C=O) groups excluding carboxylic acids is 3. The molecule has 1 heterocycles. The number of aliphatic hydroxyl groups excluding tert-OH is 1. The molecule has 0 fully saturated rings. The summed E-state index contributed by atoms with van der Waals surface area (Å²) in [6.07, 6.45) is 5.24. The molecule has 4 rings (SSSR count). The first-order chi connectivity index (χ1) is 22.4. The summed E-state index contributed by atoms with van der Waals surface area (Å²) in [6.45, 7) is 0.314. The highest BCUT2D eigenvalue weighted by Crippen LogP contribution is 2.25. The molecule has 0 aromatic heterocycles. The molecule has 0 radical (unpaired) electrons. The number of methoxy groups -OCH3 is 1. The quantitative estimate of drug-likeness (QED) is 0.194. The van der Waals surface area contributed by atoms with E-state index in [1.54, 1.807) is 0 Å². The van der Waals surface area contributed by atoms with E-state index in [0.717, 1.165) is 22.4 Å². The Balaban J connectivity index is 1.39. The van der Waals surface area contributed by atoms with E-state index in [9.17, 15) is 19.5 Å². The van der Waals surface area contributed by atoms with Gasteiger partial charge in [-0.3, -0.25) is 14.4 Å². The third kappa shape index (κ3) is 11.2. The molecule has 1 aliphatic rings. The minimum Gasteiger partial charge on any atom is -0.489 e. The van der Waals surface area contributed by atoms with Crippen LogP contribution in [0.4, 0.5) is 0 Å². The number of ether oxygens (including phenoxy) is 3. The van der Waals surface area contributed by atoms with E-state index in [4.69, 9.17) is 14.2 Å². The summed E-state index contributed by atoms with van der Waals surface area (Å²) in [6, 6.07) is 25.5. The Morgan fingerprint density at radius 1 is 0.978 bits per heavy atom. The van der Waals surface area contributed by atoms with Gasteiger partial charge in [-0.05, 0) is 54.5 Å². The zero-order chi connectivity index (χ0) is 32.6. The van der Waals surface area contributed by atoms with Gasteiger partial charge in [0.2, 0.25) is 11.8 Å². The number of hydrogen-bond acceptors (Lipinski definition) is 7. The fourth-order valence-electron chi connectivity index (χ4n) is 5.36. The van der Waals surface area contributed by atoms with E-state index >= 15 is 0 Å². The molecule has 46 heavy (non-hydrogen) atoms. The zero-order valence-corrected chi connectivity index (χ0v) is 26.3. The van der Waals surface area contributed by atoms with Crippen molar-refractivity contribution in [3.63, 3.8) is 0 Å². The van der Waals surface area contributed by atoms with Crippen molar-refractivity contribution in [1.82, 2.24) is 10.6 Å². The monoisotopic (exact) mass is 628 g/mol. The van der Waals surface area contributed by atoms with Crippen LogP contribution in [0.1, 0.15) is 54.9 Å². The summed E-state index contributed by atoms with van der Waals surface area (Å²) >= 11 is 0. The Bertz CT molecular complexity index is 1400. The number of hydrogen-bond donors (Lipinski definition) is 3. The Hall–Kier alpha value is -4.47. The summed E-state index contributed by atoms with van der Waals surface area (Å²) < 4.78 is 17.1. The number of benzene rings is 3. The molecule has 0 spiro atoms. The van der Waals surface area contributed by atoms with Crippen molar-refractivity contribution in [3.8, 4) is 5.75 Å². The number of rotatable bonds is 12. The maximum atomic E-state index is 13.6. The van der Waals surface area contributed by atoms with Gasteiger partial charge in [0.15, 0.2) is 0 Å². The van der Waals surface area contributed by atoms with Gasteiger partial charge in [0, 0.05) is 20.0 Å². The second-order valence-corrected chi connectivity index (χ2v) is 11.5. The molecule has 3 aromatic carbocycles. The lowest BCUT2D eigenvalue weighted by Gasteiger charge is -2.29. The lowest BCUT2D eigenvalue weighted by Crippen LogP contribution is -2.47. The molecule has 0 saturated heterocycles. The van der Waals surface area contributed by atoms with Gasteiger partial charge in [-0.1, -0.05) is 84.9 Å². The zero-order valence-electron chi connectivity index (χ0n) is 26.3. The van der Waals surface area contributed by atoms with Crippen molar-refractivity contribution in [2.45, 2.75) is 63.3 Å². The van der Waals surface area contributed by atoms with Crippen LogP contribution in [0.15, 0.2) is 97.1 Å². The Kier molecular flexibility index (Phi) is 13.8. The number of carbonyl (C=O) groups is 3. The van der Waals surface area contributed by atoms with Crippen LogP contribution in [-0.2, 0) is 36.9 Å². The van der Waals surface area contributed by atoms with Crippen molar-refractivity contribution in [1.29, 1.82) is 0 Å². The van der Waals surface area contributed by atoms with Crippen LogP contribution >= 0.6 is 0 Å². The van der Waals surface area contributed by atoms with Crippen LogP contribution < -0.4 is 15.4 Å². The fraction of sp³-hybridized carbons (Fsp3) is 0.378. The Morgan fingerprint density at radius 3 is 2.39 bits per heavy atom. The van der Waals surface area contributed by atoms with Gasteiger partial charge in [-0.15, -0.1) is 0 Å². The average molecular weight is 629 g/mol. The molecular weight excluding hydrogens is 584 g/mol. The molecule has 244 valence electrons. The molecule has 4 atom stereocenters. The first kappa shape index (κ1) is 34.4. The molecule has 0 unspecified atom stereocenters. The van der Waals surface area contributed by atoms with Gasteiger partial charge < -0.3 is 30.0 Å². The van der Waals surface area contributed by atoms with Crippen LogP contribution in [0, 0.1) is 5.92 Å². The van der Waals surface area contributed by atoms with Crippen molar-refractivity contribution < 1.29 is 33.7 Å². The molecule has 0 saturated carbocycles. The fourth-order valence-corrected chi connectivity index (χ4v) is 5.36. The van der Waals surface area contributed by atoms with E-state index in [-0.39, 0.29) is 43.8 Å². The average Bonchev–Trinajstić information content (AvgIpc) is 3.08. The highest BCUT2D eigenvalue weighted by atomic mass is 16.5. The predicted molar refractivity (Wildman–Crippen MR) is 175 cm³/mol. The van der Waals surface area contributed by atoms with E-state index in [1.807, 2.05) is 97.1 Å². The van der Waals surface area contributed by atoms with Crippen molar-refractivity contribution >= 4 is 17.8 Å². The summed E-state index contributed by atoms with van der Waals surface area (Å²) in [7, 11) is 1.52. The molecule has 0 aliphatic carbocycles. The molecule has 3 aromatic rings. The third-order valence-corrected chi connectivity index (χ3v) is 7.81. The van der Waals surface area contributed by atoms with E-state index in [1.165, 1.54) is 7.11 Å². The largest absolute Gasteiger partial charge is 0.489 e. The molecule has 9 heteroatoms. The predicted octanol–water partition coefficient (Wildman–Crippen LogP) is 4.84. The lowest BCUT2D eigenvalue weighted by molar-refractivity contribution is -0.153. The van der Waals surface area contributed by atoms with E-state index < -0.39 is 24.1 Å². The maximum absolute atomic E-state index is 13.6. The highest BCUT2D eigenvalue weighted by molar-refractivity contribution is 5.86. The normalized spacial score (nSPS) is 19.8. The highest BCUT2D eigenvalue weighted by Gasteiger charge is 2.31. The van der Waals surface area contributed by atoms with Crippen molar-refractivity contribution in [2.75, 3.05) is 20.3 Å². The van der Waals surface area contributed by atoms with Crippen LogP contribution in [0.3, 0.4) is 0 Å². The number of nitrogens with one attached hydrogen (secondary N) is 2. The van der Waals surface area contributed by atoms with Crippen LogP contribution in [0.5, 0.6) is 5.75 Å². The van der Waals surface area contributed by atoms with Gasteiger partial charge in [0.05, 0.1) is 31.2 Å². The summed E-state index contributed by atoms with van der Waals surface area (Å²) in [5.41, 5.74) is 2.74. The molecule has 3 N–H and O–H groups in total. The van der Waals surface area contributed by atoms with Gasteiger partial charge in [0.1, 0.15) is 18.5 Å². The summed E-state index contributed by atoms with van der Waals surface area (Å²) in [5.74, 6) is -0.981. The molecule has 9 nitrogen and oxygen atoms in total. The first-order valence-electron chi connectivity index (χ1n) is 15.8. The smallest absolute Gasteiger partial charge is 0.306 e. The summed E-state index contributed by atoms with van der Waals surface area (Å²) in [4.78, 5) is 39.5. The van der Waals surface area contributed by atoms with Gasteiger partial charge in [-0.2, -0.15) is 0 Å². The number of cyclic esters (lactones) is 1. The third-order valence-electron chi connectivity index (χ3n) is 7.81. The Labute approximate surface area is 271 Å². The van der Waals surface area contributed by atoms with Crippen molar-refractivity contribution in [3.05, 3.63) is 114 Å². The van der Waals surface area contributed by atoms with Crippen LogP contribution in [0.2, 0.25) is 0 Å². The van der Waals surface area contributed by atoms with Gasteiger partial charge in [0.25, 0.3) is 0 Å². The maximum Gasteiger partial charge on any atom is 0.306 e. The SMILES string of the molecule is COC[C@@H]1NC(=O)[C@@H](CC(=O)N[C@H](CO)Cc2ccc(OCc3ccccc3)cc2)CC=CCCCC(=O)O[C@H]1c1ccccc1. The van der Waals surface area contributed by atoms with E-state index in [2.05, 4.69) is 10.6 Å². The number of allylic oxidation sites excluding steroid dienone is 2. The summed E-state index contributed by atoms with van der Waals surface area (Å²) in [5, 5.41) is 16.0. The minimum atomic E-state index is -0.755. The molecule has 2 amide bonds. The lowest BCUT2D eigenvalue weighted by atomic mass is 9.96. The second-order valence-electron chi connectivity index (χ2n) is 11.5. The Morgan fingerprint density at radius 2 is 1.70 bits per heavy atom. The first-order valence-corrected chi connectivity index (χ1v) is 15.8. The molecule has 0 bridgehead atoms. The topological polar surface area (TPSA) is 123 Å². The van der Waals surface area contributed by atoms with Crippen molar-refractivity contribution in [2.24, 2.45) is 5.92 Å². The van der Waals surface area contributed by atoms with E-state index in [0.29, 0.717) is 32.3 Å². The number of aliphatic hydroxyl groups is 1. The van der Waals surface area contributed by atoms with Crippen LogP contribution in [-0.4, -0.2) is 55.3 Å². The number of amides is 2. The van der Waals surface area contributed by atoms with Crippen LogP contribution in [0.25, 0.3) is 0 Å². The van der Waals surface area contributed by atoms with Gasteiger partial charge >= 0.3 is 5.97 Å². The second kappa shape index (κ2) is 18.5. The number of esters is 1.